The van der Waals surface area contributed by atoms with Crippen molar-refractivity contribution in [2.45, 2.75) is 24.3 Å². The van der Waals surface area contributed by atoms with Gasteiger partial charge in [0.2, 0.25) is 15.9 Å². The summed E-state index contributed by atoms with van der Waals surface area (Å²) in [7, 11) is -2.10. The Bertz CT molecular complexity index is 878. The molecule has 0 aromatic heterocycles. The van der Waals surface area contributed by atoms with Gasteiger partial charge in [-0.3, -0.25) is 4.79 Å². The molecule has 0 bridgehead atoms. The third-order valence-corrected chi connectivity index (χ3v) is 5.68. The van der Waals surface area contributed by atoms with Crippen LogP contribution in [0.4, 0.5) is 5.69 Å². The molecule has 1 aliphatic heterocycles. The van der Waals surface area contributed by atoms with Gasteiger partial charge in [-0.15, -0.1) is 0 Å². The molecule has 1 N–H and O–H groups in total. The number of rotatable bonds is 5. The normalized spacial score (nSPS) is 17.8. The maximum absolute atomic E-state index is 12.5. The topological polar surface area (TPSA) is 75.7 Å². The lowest BCUT2D eigenvalue weighted by Gasteiger charge is -2.18. The number of carbonyl (C=O) groups is 1. The van der Waals surface area contributed by atoms with Gasteiger partial charge in [0.1, 0.15) is 5.75 Å². The number of hydrogen-bond acceptors (Lipinski definition) is 4. The number of ether oxygens (including phenoxy) is 1. The first kappa shape index (κ1) is 17.4. The van der Waals surface area contributed by atoms with E-state index in [1.807, 2.05) is 6.92 Å². The maximum atomic E-state index is 12.5. The second-order valence-electron chi connectivity index (χ2n) is 6.04. The summed E-state index contributed by atoms with van der Waals surface area (Å²) < 4.78 is 32.8. The lowest BCUT2D eigenvalue weighted by Crippen LogP contribution is -2.37. The minimum atomic E-state index is -3.66. The fraction of sp³-hybridized carbons (Fsp3) is 0.278. The van der Waals surface area contributed by atoms with E-state index in [9.17, 15) is 13.2 Å². The zero-order valence-corrected chi connectivity index (χ0v) is 14.9. The van der Waals surface area contributed by atoms with E-state index in [4.69, 9.17) is 4.74 Å². The fourth-order valence-corrected chi connectivity index (χ4v) is 4.05. The van der Waals surface area contributed by atoms with E-state index in [0.29, 0.717) is 11.4 Å². The molecule has 2 aromatic rings. The molecular weight excluding hydrogens is 340 g/mol. The Balaban J connectivity index is 1.75. The summed E-state index contributed by atoms with van der Waals surface area (Å²) in [6.07, 6.45) is 0.127. The van der Waals surface area contributed by atoms with Crippen LogP contribution < -0.4 is 14.4 Å². The Hall–Kier alpha value is -2.38. The molecule has 2 aromatic carbocycles. The van der Waals surface area contributed by atoms with Crippen LogP contribution in [0.5, 0.6) is 5.75 Å². The third kappa shape index (κ3) is 3.83. The van der Waals surface area contributed by atoms with E-state index in [-0.39, 0.29) is 23.8 Å². The molecule has 1 amide bonds. The largest absolute Gasteiger partial charge is 0.497 e. The quantitative estimate of drug-likeness (QED) is 0.886. The highest BCUT2D eigenvalue weighted by Gasteiger charge is 2.33. The smallest absolute Gasteiger partial charge is 0.240 e. The summed E-state index contributed by atoms with van der Waals surface area (Å²) in [5.74, 6) is 0.527. The second kappa shape index (κ2) is 6.85. The molecule has 1 fully saturated rings. The summed E-state index contributed by atoms with van der Waals surface area (Å²) in [6.45, 7) is 2.18. The van der Waals surface area contributed by atoms with E-state index in [1.165, 1.54) is 0 Å². The number of nitrogens with one attached hydrogen (secondary N) is 1. The summed E-state index contributed by atoms with van der Waals surface area (Å²) in [5.41, 5.74) is 1.68. The Labute approximate surface area is 147 Å². The van der Waals surface area contributed by atoms with Crippen LogP contribution in [0.15, 0.2) is 53.4 Å². The number of benzene rings is 2. The van der Waals surface area contributed by atoms with Gasteiger partial charge in [0.05, 0.1) is 12.0 Å². The van der Waals surface area contributed by atoms with Crippen LogP contribution in [0.1, 0.15) is 12.0 Å². The zero-order valence-electron chi connectivity index (χ0n) is 14.1. The number of nitrogens with zero attached hydrogens (tertiary/aromatic N) is 1. The molecule has 1 atom stereocenters. The van der Waals surface area contributed by atoms with Crippen molar-refractivity contribution in [2.75, 3.05) is 18.6 Å². The highest BCUT2D eigenvalue weighted by Crippen LogP contribution is 2.26. The van der Waals surface area contributed by atoms with E-state index >= 15 is 0 Å². The summed E-state index contributed by atoms with van der Waals surface area (Å²) >= 11 is 0. The van der Waals surface area contributed by atoms with Crippen LogP contribution in [0.3, 0.4) is 0 Å². The predicted molar refractivity (Wildman–Crippen MR) is 95.3 cm³/mol. The monoisotopic (exact) mass is 360 g/mol. The van der Waals surface area contributed by atoms with Crippen molar-refractivity contribution in [3.05, 3.63) is 54.1 Å². The third-order valence-electron chi connectivity index (χ3n) is 4.14. The van der Waals surface area contributed by atoms with Crippen molar-refractivity contribution in [1.82, 2.24) is 4.72 Å². The van der Waals surface area contributed by atoms with Crippen LogP contribution >= 0.6 is 0 Å². The van der Waals surface area contributed by atoms with E-state index in [2.05, 4.69) is 4.72 Å². The molecule has 0 radical (unpaired) electrons. The number of methoxy groups -OCH3 is 1. The minimum absolute atomic E-state index is 0.121. The average Bonchev–Trinajstić information content (AvgIpc) is 2.95. The number of aryl methyl sites for hydroxylation is 1. The van der Waals surface area contributed by atoms with E-state index in [1.54, 1.807) is 60.5 Å². The molecule has 0 spiro atoms. The van der Waals surface area contributed by atoms with Crippen molar-refractivity contribution in [1.29, 1.82) is 0 Å². The molecular formula is C18H20N2O4S. The van der Waals surface area contributed by atoms with Gasteiger partial charge >= 0.3 is 0 Å². The Morgan fingerprint density at radius 3 is 2.56 bits per heavy atom. The van der Waals surface area contributed by atoms with Gasteiger partial charge in [0, 0.05) is 30.8 Å². The first-order valence-corrected chi connectivity index (χ1v) is 9.41. The first-order chi connectivity index (χ1) is 11.9. The van der Waals surface area contributed by atoms with Crippen LogP contribution in [0.25, 0.3) is 0 Å². The molecule has 0 aliphatic carbocycles. The molecule has 1 heterocycles. The number of hydrogen-bond donors (Lipinski definition) is 1. The van der Waals surface area contributed by atoms with Gasteiger partial charge in [0.25, 0.3) is 0 Å². The second-order valence-corrected chi connectivity index (χ2v) is 7.76. The lowest BCUT2D eigenvalue weighted by atomic mass is 10.2. The Morgan fingerprint density at radius 2 is 1.88 bits per heavy atom. The summed E-state index contributed by atoms with van der Waals surface area (Å²) in [4.78, 5) is 14.1. The van der Waals surface area contributed by atoms with Gasteiger partial charge in [-0.25, -0.2) is 13.1 Å². The average molecular weight is 360 g/mol. The SMILES string of the molecule is COc1cccc(N2C[C@H](NS(=O)(=O)c3ccc(C)cc3)CC2=O)c1. The molecule has 6 nitrogen and oxygen atoms in total. The first-order valence-electron chi connectivity index (χ1n) is 7.92. The fourth-order valence-electron chi connectivity index (χ4n) is 2.82. The van der Waals surface area contributed by atoms with Crippen LogP contribution in [-0.2, 0) is 14.8 Å². The van der Waals surface area contributed by atoms with Gasteiger partial charge in [-0.2, -0.15) is 0 Å². The molecule has 7 heteroatoms. The number of amides is 1. The summed E-state index contributed by atoms with van der Waals surface area (Å²) in [6, 6.07) is 13.3. The van der Waals surface area contributed by atoms with Crippen LogP contribution in [0, 0.1) is 6.92 Å². The molecule has 0 saturated carbocycles. The molecule has 1 saturated heterocycles. The van der Waals surface area contributed by atoms with Gasteiger partial charge < -0.3 is 9.64 Å². The van der Waals surface area contributed by atoms with E-state index < -0.39 is 16.1 Å². The van der Waals surface area contributed by atoms with Crippen molar-refractivity contribution in [3.8, 4) is 5.75 Å². The highest BCUT2D eigenvalue weighted by atomic mass is 32.2. The van der Waals surface area contributed by atoms with Crippen LogP contribution in [0.2, 0.25) is 0 Å². The number of sulfonamides is 1. The Morgan fingerprint density at radius 1 is 1.16 bits per heavy atom. The van der Waals surface area contributed by atoms with Crippen molar-refractivity contribution >= 4 is 21.6 Å². The molecule has 0 unspecified atom stereocenters. The standard InChI is InChI=1S/C18H20N2O4S/c1-13-6-8-17(9-7-13)25(22,23)19-14-10-18(21)20(12-14)15-4-3-5-16(11-15)24-2/h3-9,11,14,19H,10,12H2,1-2H3/t14-/m1/s1. The molecule has 1 aliphatic rings. The summed E-state index contributed by atoms with van der Waals surface area (Å²) in [5, 5.41) is 0. The van der Waals surface area contributed by atoms with Crippen molar-refractivity contribution < 1.29 is 17.9 Å². The highest BCUT2D eigenvalue weighted by molar-refractivity contribution is 7.89. The molecule has 3 rings (SSSR count). The van der Waals surface area contributed by atoms with Crippen LogP contribution in [-0.4, -0.2) is 34.0 Å². The predicted octanol–water partition coefficient (Wildman–Crippen LogP) is 2.09. The number of carbonyl (C=O) groups excluding carboxylic acids is 1. The van der Waals surface area contributed by atoms with Gasteiger partial charge in [0.15, 0.2) is 0 Å². The van der Waals surface area contributed by atoms with E-state index in [0.717, 1.165) is 5.56 Å². The van der Waals surface area contributed by atoms with Crippen molar-refractivity contribution in [3.63, 3.8) is 0 Å². The Kier molecular flexibility index (Phi) is 4.78. The molecule has 25 heavy (non-hydrogen) atoms. The minimum Gasteiger partial charge on any atom is -0.497 e. The van der Waals surface area contributed by atoms with Gasteiger partial charge in [-0.05, 0) is 31.2 Å². The number of anilines is 1. The van der Waals surface area contributed by atoms with Crippen molar-refractivity contribution in [2.24, 2.45) is 0 Å². The maximum Gasteiger partial charge on any atom is 0.240 e. The van der Waals surface area contributed by atoms with Gasteiger partial charge in [-0.1, -0.05) is 23.8 Å². The lowest BCUT2D eigenvalue weighted by molar-refractivity contribution is -0.117. The zero-order chi connectivity index (χ0) is 18.0. The molecule has 132 valence electrons.